The molecule has 0 spiro atoms. The number of hydrogen-bond donors (Lipinski definition) is 1. The smallest absolute Gasteiger partial charge is 0.257 e. The van der Waals surface area contributed by atoms with Crippen LogP contribution in [0.15, 0.2) is 35.7 Å². The first-order valence-electron chi connectivity index (χ1n) is 6.42. The molecule has 1 atom stereocenters. The Balaban J connectivity index is 2.09. The van der Waals surface area contributed by atoms with Gasteiger partial charge in [0.25, 0.3) is 5.91 Å². The van der Waals surface area contributed by atoms with Gasteiger partial charge in [-0.2, -0.15) is 0 Å². The summed E-state index contributed by atoms with van der Waals surface area (Å²) in [6.45, 7) is 0.278. The zero-order valence-corrected chi connectivity index (χ0v) is 12.6. The Bertz CT molecular complexity index is 594. The van der Waals surface area contributed by atoms with Gasteiger partial charge in [-0.25, -0.2) is 8.78 Å². The van der Waals surface area contributed by atoms with E-state index in [1.807, 2.05) is 36.5 Å². The summed E-state index contributed by atoms with van der Waals surface area (Å²) >= 11 is 1.57. The maximum absolute atomic E-state index is 13.5. The maximum Gasteiger partial charge on any atom is 0.257 e. The van der Waals surface area contributed by atoms with Crippen molar-refractivity contribution in [3.05, 3.63) is 57.8 Å². The van der Waals surface area contributed by atoms with Crippen molar-refractivity contribution in [1.82, 2.24) is 10.2 Å². The lowest BCUT2D eigenvalue weighted by Gasteiger charge is -2.23. The van der Waals surface area contributed by atoms with Crippen LogP contribution in [0.1, 0.15) is 21.3 Å². The Labute approximate surface area is 126 Å². The topological polar surface area (TPSA) is 32.3 Å². The number of likely N-dealkylation sites (N-methyl/N-ethyl adjacent to an activating group) is 1. The Morgan fingerprint density at radius 3 is 2.43 bits per heavy atom. The zero-order chi connectivity index (χ0) is 15.4. The van der Waals surface area contributed by atoms with Crippen LogP contribution in [0.25, 0.3) is 0 Å². The average molecular weight is 310 g/mol. The van der Waals surface area contributed by atoms with Crippen LogP contribution in [-0.2, 0) is 0 Å². The lowest BCUT2D eigenvalue weighted by Crippen LogP contribution is -2.35. The molecule has 112 valence electrons. The third-order valence-corrected chi connectivity index (χ3v) is 4.11. The number of rotatable bonds is 5. The van der Waals surface area contributed by atoms with Crippen molar-refractivity contribution in [2.75, 3.05) is 20.6 Å². The first-order valence-corrected chi connectivity index (χ1v) is 7.30. The van der Waals surface area contributed by atoms with Crippen molar-refractivity contribution in [3.63, 3.8) is 0 Å². The molecule has 0 fully saturated rings. The monoisotopic (exact) mass is 310 g/mol. The zero-order valence-electron chi connectivity index (χ0n) is 11.8. The van der Waals surface area contributed by atoms with Gasteiger partial charge in [-0.15, -0.1) is 11.3 Å². The van der Waals surface area contributed by atoms with E-state index in [2.05, 4.69) is 5.32 Å². The number of hydrogen-bond acceptors (Lipinski definition) is 3. The quantitative estimate of drug-likeness (QED) is 0.920. The number of nitrogens with one attached hydrogen (secondary N) is 1. The number of nitrogens with zero attached hydrogens (tertiary/aromatic N) is 1. The highest BCUT2D eigenvalue weighted by Crippen LogP contribution is 2.22. The molecule has 2 rings (SSSR count). The van der Waals surface area contributed by atoms with Gasteiger partial charge in [-0.1, -0.05) is 12.1 Å². The molecule has 2 aromatic rings. The van der Waals surface area contributed by atoms with E-state index in [1.165, 1.54) is 6.07 Å². The van der Waals surface area contributed by atoms with Crippen LogP contribution < -0.4 is 5.32 Å². The third kappa shape index (κ3) is 3.65. The van der Waals surface area contributed by atoms with Crippen LogP contribution in [0.2, 0.25) is 0 Å². The van der Waals surface area contributed by atoms with E-state index in [1.54, 1.807) is 11.3 Å². The summed E-state index contributed by atoms with van der Waals surface area (Å²) in [5.74, 6) is -2.45. The molecule has 0 saturated heterocycles. The molecule has 0 aliphatic carbocycles. The van der Waals surface area contributed by atoms with Gasteiger partial charge < -0.3 is 10.2 Å². The highest BCUT2D eigenvalue weighted by molar-refractivity contribution is 7.10. The van der Waals surface area contributed by atoms with E-state index in [4.69, 9.17) is 0 Å². The van der Waals surface area contributed by atoms with Crippen molar-refractivity contribution < 1.29 is 13.6 Å². The van der Waals surface area contributed by atoms with Gasteiger partial charge in [0.05, 0.1) is 6.04 Å². The largest absolute Gasteiger partial charge is 0.350 e. The molecule has 0 bridgehead atoms. The Kier molecular flexibility index (Phi) is 5.03. The normalized spacial score (nSPS) is 12.4. The van der Waals surface area contributed by atoms with Crippen molar-refractivity contribution in [3.8, 4) is 0 Å². The van der Waals surface area contributed by atoms with Crippen LogP contribution in [0.3, 0.4) is 0 Å². The summed E-state index contributed by atoms with van der Waals surface area (Å²) in [5.41, 5.74) is -0.541. The molecule has 1 N–H and O–H groups in total. The van der Waals surface area contributed by atoms with E-state index < -0.39 is 23.1 Å². The summed E-state index contributed by atoms with van der Waals surface area (Å²) in [5, 5.41) is 4.54. The second-order valence-corrected chi connectivity index (χ2v) is 5.78. The molecule has 1 aromatic carbocycles. The molecule has 1 heterocycles. The van der Waals surface area contributed by atoms with Gasteiger partial charge in [0.1, 0.15) is 17.2 Å². The van der Waals surface area contributed by atoms with Gasteiger partial charge >= 0.3 is 0 Å². The number of amides is 1. The molecule has 21 heavy (non-hydrogen) atoms. The van der Waals surface area contributed by atoms with Gasteiger partial charge in [-0.05, 0) is 37.7 Å². The summed E-state index contributed by atoms with van der Waals surface area (Å²) in [6.07, 6.45) is 0. The maximum atomic E-state index is 13.5. The Hall–Kier alpha value is -1.79. The second kappa shape index (κ2) is 6.78. The molecule has 0 radical (unpaired) electrons. The standard InChI is InChI=1S/C15H16F2N2OS/c1-19(2)12(13-7-4-8-21-13)9-18-15(20)14-10(16)5-3-6-11(14)17/h3-8,12H,9H2,1-2H3,(H,18,20). The number of benzene rings is 1. The lowest BCUT2D eigenvalue weighted by atomic mass is 10.1. The Morgan fingerprint density at radius 1 is 1.24 bits per heavy atom. The van der Waals surface area contributed by atoms with Crippen molar-refractivity contribution >= 4 is 17.2 Å². The Morgan fingerprint density at radius 2 is 1.90 bits per heavy atom. The molecule has 1 amide bonds. The first-order chi connectivity index (χ1) is 10.0. The van der Waals surface area contributed by atoms with Crippen molar-refractivity contribution in [2.45, 2.75) is 6.04 Å². The minimum atomic E-state index is -0.856. The van der Waals surface area contributed by atoms with Crippen LogP contribution in [0.5, 0.6) is 0 Å². The molecule has 1 unspecified atom stereocenters. The van der Waals surface area contributed by atoms with Gasteiger partial charge in [0, 0.05) is 11.4 Å². The molecule has 6 heteroatoms. The molecule has 0 aliphatic rings. The third-order valence-electron chi connectivity index (χ3n) is 3.14. The number of carbonyl (C=O) groups excluding carboxylic acids is 1. The molecular weight excluding hydrogens is 294 g/mol. The van der Waals surface area contributed by atoms with Crippen LogP contribution in [0, 0.1) is 11.6 Å². The molecule has 0 aliphatic heterocycles. The van der Waals surface area contributed by atoms with Gasteiger partial charge in [0.2, 0.25) is 0 Å². The van der Waals surface area contributed by atoms with Gasteiger partial charge in [0.15, 0.2) is 0 Å². The average Bonchev–Trinajstić information content (AvgIpc) is 2.92. The van der Waals surface area contributed by atoms with Crippen LogP contribution >= 0.6 is 11.3 Å². The summed E-state index contributed by atoms with van der Waals surface area (Å²) in [4.78, 5) is 15.0. The second-order valence-electron chi connectivity index (χ2n) is 4.80. The molecular formula is C15H16F2N2OS. The fourth-order valence-electron chi connectivity index (χ4n) is 2.01. The van der Waals surface area contributed by atoms with E-state index in [0.29, 0.717) is 0 Å². The number of halogens is 2. The SMILES string of the molecule is CN(C)C(CNC(=O)c1c(F)cccc1F)c1cccs1. The fourth-order valence-corrected chi connectivity index (χ4v) is 2.93. The molecule has 0 saturated carbocycles. The summed E-state index contributed by atoms with van der Waals surface area (Å²) < 4.78 is 27.1. The van der Waals surface area contributed by atoms with Crippen LogP contribution in [0.4, 0.5) is 8.78 Å². The van der Waals surface area contributed by atoms with Crippen LogP contribution in [-0.4, -0.2) is 31.4 Å². The predicted molar refractivity (Wildman–Crippen MR) is 79.4 cm³/mol. The van der Waals surface area contributed by atoms with Crippen molar-refractivity contribution in [1.29, 1.82) is 0 Å². The number of thiophene rings is 1. The number of carbonyl (C=O) groups is 1. The first kappa shape index (κ1) is 15.6. The van der Waals surface area contributed by atoms with E-state index in [-0.39, 0.29) is 12.6 Å². The van der Waals surface area contributed by atoms with E-state index in [9.17, 15) is 13.6 Å². The molecule has 1 aromatic heterocycles. The van der Waals surface area contributed by atoms with E-state index >= 15 is 0 Å². The van der Waals surface area contributed by atoms with Crippen molar-refractivity contribution in [2.24, 2.45) is 0 Å². The minimum absolute atomic E-state index is 0.0382. The fraction of sp³-hybridized carbons (Fsp3) is 0.267. The predicted octanol–water partition coefficient (Wildman–Crippen LogP) is 3.06. The highest BCUT2D eigenvalue weighted by Gasteiger charge is 2.20. The summed E-state index contributed by atoms with van der Waals surface area (Å²) in [6, 6.07) is 7.22. The minimum Gasteiger partial charge on any atom is -0.350 e. The highest BCUT2D eigenvalue weighted by atomic mass is 32.1. The van der Waals surface area contributed by atoms with Gasteiger partial charge in [-0.3, -0.25) is 4.79 Å². The summed E-state index contributed by atoms with van der Waals surface area (Å²) in [7, 11) is 3.78. The lowest BCUT2D eigenvalue weighted by molar-refractivity contribution is 0.0934. The molecule has 3 nitrogen and oxygen atoms in total. The van der Waals surface area contributed by atoms with E-state index in [0.717, 1.165) is 17.0 Å².